The van der Waals surface area contributed by atoms with E-state index in [0.717, 1.165) is 30.0 Å². The first-order valence-corrected chi connectivity index (χ1v) is 10.7. The lowest BCUT2D eigenvalue weighted by Gasteiger charge is -2.07. The lowest BCUT2D eigenvalue weighted by atomic mass is 10.0. The molecule has 1 rings (SSSR count). The highest BCUT2D eigenvalue weighted by atomic mass is 19.1. The maximum absolute atomic E-state index is 13.1. The van der Waals surface area contributed by atoms with Gasteiger partial charge in [0.25, 0.3) is 5.56 Å². The first-order chi connectivity index (χ1) is 13.5. The molecule has 1 N–H and O–H groups in total. The molecule has 6 nitrogen and oxygen atoms in total. The van der Waals surface area contributed by atoms with Crippen molar-refractivity contribution in [3.05, 3.63) is 32.9 Å². The van der Waals surface area contributed by atoms with E-state index < -0.39 is 29.8 Å². The number of carbonyl (C=O) groups is 1. The average molecular weight is 399 g/mol. The average Bonchev–Trinajstić information content (AvgIpc) is 2.67. The first kappa shape index (κ1) is 24.1. The number of halogens is 1. The van der Waals surface area contributed by atoms with Gasteiger partial charge in [-0.25, -0.2) is 4.79 Å². The Bertz CT molecular complexity index is 669. The van der Waals surface area contributed by atoms with Crippen LogP contribution >= 0.6 is 0 Å². The molecule has 0 aromatic carbocycles. The third-order valence-corrected chi connectivity index (χ3v) is 4.82. The van der Waals surface area contributed by atoms with Crippen LogP contribution in [0.1, 0.15) is 96.8 Å². The van der Waals surface area contributed by atoms with Gasteiger partial charge in [-0.1, -0.05) is 84.0 Å². The maximum Gasteiger partial charge on any atom is 0.331 e. The van der Waals surface area contributed by atoms with E-state index in [1.54, 1.807) is 0 Å². The third kappa shape index (κ3) is 11.0. The SMILES string of the molecule is CCCCCCCCCCCCCCCC(=O)OCn1cc(F)c(=O)[nH]c1=O. The lowest BCUT2D eigenvalue weighted by molar-refractivity contribution is -0.147. The van der Waals surface area contributed by atoms with Crippen molar-refractivity contribution in [1.82, 2.24) is 9.55 Å². The van der Waals surface area contributed by atoms with Crippen LogP contribution in [0, 0.1) is 5.82 Å². The van der Waals surface area contributed by atoms with Gasteiger partial charge in [0.2, 0.25) is 5.82 Å². The van der Waals surface area contributed by atoms with Gasteiger partial charge >= 0.3 is 11.7 Å². The van der Waals surface area contributed by atoms with Crippen LogP contribution in [-0.2, 0) is 16.3 Å². The molecule has 0 unspecified atom stereocenters. The van der Waals surface area contributed by atoms with Gasteiger partial charge in [-0.05, 0) is 6.42 Å². The Balaban J connectivity index is 1.96. The summed E-state index contributed by atoms with van der Waals surface area (Å²) in [6.45, 7) is 1.84. The standard InChI is InChI=1S/C21H35FN2O4/c1-2-3-4-5-6-7-8-9-10-11-12-13-14-15-19(25)28-17-24-16-18(22)20(26)23-21(24)27/h16H,2-15,17H2,1H3,(H,23,26,27). The summed E-state index contributed by atoms with van der Waals surface area (Å²) in [5, 5.41) is 0. The molecule has 0 radical (unpaired) electrons. The molecule has 1 aromatic heterocycles. The number of hydrogen-bond acceptors (Lipinski definition) is 4. The Morgan fingerprint density at radius 2 is 1.43 bits per heavy atom. The molecule has 0 atom stereocenters. The molecule has 0 aliphatic heterocycles. The highest BCUT2D eigenvalue weighted by molar-refractivity contribution is 5.69. The summed E-state index contributed by atoms with van der Waals surface area (Å²) in [6.07, 6.45) is 17.0. The molecule has 1 aromatic rings. The summed E-state index contributed by atoms with van der Waals surface area (Å²) in [4.78, 5) is 35.9. The van der Waals surface area contributed by atoms with Gasteiger partial charge in [-0.3, -0.25) is 19.1 Å². The van der Waals surface area contributed by atoms with Crippen molar-refractivity contribution in [2.24, 2.45) is 0 Å². The number of aromatic nitrogens is 2. The Labute approximate surface area is 166 Å². The summed E-state index contributed by atoms with van der Waals surface area (Å²) in [6, 6.07) is 0. The normalized spacial score (nSPS) is 10.9. The number of hydrogen-bond donors (Lipinski definition) is 1. The number of rotatable bonds is 16. The van der Waals surface area contributed by atoms with Crippen LogP contribution < -0.4 is 11.2 Å². The van der Waals surface area contributed by atoms with Gasteiger partial charge < -0.3 is 4.74 Å². The van der Waals surface area contributed by atoms with Crippen molar-refractivity contribution < 1.29 is 13.9 Å². The zero-order chi connectivity index (χ0) is 20.6. The largest absolute Gasteiger partial charge is 0.444 e. The zero-order valence-corrected chi connectivity index (χ0v) is 17.1. The van der Waals surface area contributed by atoms with Crippen LogP contribution in [0.25, 0.3) is 0 Å². The number of aromatic amines is 1. The number of H-pyrrole nitrogens is 1. The van der Waals surface area contributed by atoms with Gasteiger partial charge in [0.05, 0.1) is 6.20 Å². The second kappa shape index (κ2) is 15.1. The van der Waals surface area contributed by atoms with Crippen molar-refractivity contribution in [3.8, 4) is 0 Å². The molecule has 0 spiro atoms. The van der Waals surface area contributed by atoms with Gasteiger partial charge in [-0.2, -0.15) is 4.39 Å². The quantitative estimate of drug-likeness (QED) is 0.324. The van der Waals surface area contributed by atoms with Crippen molar-refractivity contribution in [2.45, 2.75) is 104 Å². The molecule has 1 heterocycles. The summed E-state index contributed by atoms with van der Waals surface area (Å²) in [5.41, 5.74) is -1.89. The maximum atomic E-state index is 13.1. The fourth-order valence-electron chi connectivity index (χ4n) is 3.08. The van der Waals surface area contributed by atoms with Crippen molar-refractivity contribution in [1.29, 1.82) is 0 Å². The highest BCUT2D eigenvalue weighted by Crippen LogP contribution is 2.13. The van der Waals surface area contributed by atoms with Crippen LogP contribution in [-0.4, -0.2) is 15.5 Å². The Morgan fingerprint density at radius 1 is 0.929 bits per heavy atom. The van der Waals surface area contributed by atoms with Crippen LogP contribution in [0.4, 0.5) is 4.39 Å². The van der Waals surface area contributed by atoms with Gasteiger partial charge in [-0.15, -0.1) is 0 Å². The minimum absolute atomic E-state index is 0.276. The summed E-state index contributed by atoms with van der Waals surface area (Å²) >= 11 is 0. The highest BCUT2D eigenvalue weighted by Gasteiger charge is 2.07. The van der Waals surface area contributed by atoms with Crippen LogP contribution in [0.3, 0.4) is 0 Å². The molecule has 28 heavy (non-hydrogen) atoms. The van der Waals surface area contributed by atoms with Gasteiger partial charge in [0.1, 0.15) is 0 Å². The zero-order valence-electron chi connectivity index (χ0n) is 17.1. The number of esters is 1. The Morgan fingerprint density at radius 3 is 1.96 bits per heavy atom. The van der Waals surface area contributed by atoms with Crippen LogP contribution in [0.15, 0.2) is 15.8 Å². The molecule has 0 aliphatic carbocycles. The smallest absolute Gasteiger partial charge is 0.331 e. The van der Waals surface area contributed by atoms with Gasteiger partial charge in [0.15, 0.2) is 6.73 Å². The molecule has 0 aliphatic rings. The van der Waals surface area contributed by atoms with Crippen molar-refractivity contribution in [3.63, 3.8) is 0 Å². The predicted molar refractivity (Wildman–Crippen MR) is 108 cm³/mol. The molecule has 0 saturated heterocycles. The topological polar surface area (TPSA) is 81.2 Å². The van der Waals surface area contributed by atoms with E-state index in [-0.39, 0.29) is 6.42 Å². The van der Waals surface area contributed by atoms with Crippen LogP contribution in [0.2, 0.25) is 0 Å². The lowest BCUT2D eigenvalue weighted by Crippen LogP contribution is -2.32. The van der Waals surface area contributed by atoms with E-state index >= 15 is 0 Å². The molecular formula is C21H35FN2O4. The number of unbranched alkanes of at least 4 members (excludes halogenated alkanes) is 12. The molecule has 160 valence electrons. The molecule has 7 heteroatoms. The molecule has 0 saturated carbocycles. The molecular weight excluding hydrogens is 363 g/mol. The second-order valence-corrected chi connectivity index (χ2v) is 7.34. The third-order valence-electron chi connectivity index (χ3n) is 4.82. The van der Waals surface area contributed by atoms with E-state index in [9.17, 15) is 18.8 Å². The van der Waals surface area contributed by atoms with E-state index in [1.165, 1.54) is 64.2 Å². The fraction of sp³-hybridized carbons (Fsp3) is 0.762. The second-order valence-electron chi connectivity index (χ2n) is 7.34. The minimum Gasteiger partial charge on any atom is -0.444 e. The first-order valence-electron chi connectivity index (χ1n) is 10.7. The summed E-state index contributed by atoms with van der Waals surface area (Å²) in [7, 11) is 0. The van der Waals surface area contributed by atoms with E-state index in [2.05, 4.69) is 6.92 Å². The van der Waals surface area contributed by atoms with E-state index in [1.807, 2.05) is 4.98 Å². The Kier molecular flexibility index (Phi) is 13.0. The van der Waals surface area contributed by atoms with Crippen molar-refractivity contribution >= 4 is 5.97 Å². The van der Waals surface area contributed by atoms with Gasteiger partial charge in [0, 0.05) is 6.42 Å². The number of nitrogens with zero attached hydrogens (tertiary/aromatic N) is 1. The minimum atomic E-state index is -1.09. The predicted octanol–water partition coefficient (Wildman–Crippen LogP) is 4.66. The fourth-order valence-corrected chi connectivity index (χ4v) is 3.08. The molecule has 0 bridgehead atoms. The summed E-state index contributed by atoms with van der Waals surface area (Å²) < 4.78 is 18.9. The summed E-state index contributed by atoms with van der Waals surface area (Å²) in [5.74, 6) is -1.52. The van der Waals surface area contributed by atoms with Crippen LogP contribution in [0.5, 0.6) is 0 Å². The Hall–Kier alpha value is -1.92. The molecule has 0 amide bonds. The van der Waals surface area contributed by atoms with Crippen molar-refractivity contribution in [2.75, 3.05) is 0 Å². The number of nitrogens with one attached hydrogen (secondary N) is 1. The monoisotopic (exact) mass is 398 g/mol. The van der Waals surface area contributed by atoms with E-state index in [4.69, 9.17) is 4.74 Å². The number of ether oxygens (including phenoxy) is 1. The molecule has 0 fully saturated rings. The van der Waals surface area contributed by atoms with E-state index in [0.29, 0.717) is 0 Å². The number of carbonyl (C=O) groups excluding carboxylic acids is 1.